The zero-order valence-corrected chi connectivity index (χ0v) is 20.3. The molecule has 1 heterocycles. The fourth-order valence-electron chi connectivity index (χ4n) is 4.66. The first-order valence-corrected chi connectivity index (χ1v) is 13.3. The standard InChI is InChI=1S/C26H34N4O2S/c1-20(16-21-8-4-3-5-9-21)27-17-23-10-6-7-11-26(23)29-33(31,32)25-14-12-22(13-15-25)24-18-28-30(2)19-24/h6-7,10-15,18-21,27,29H,3-5,8-9,16-17H2,1-2H3/t20-/m0/s1. The second-order valence-corrected chi connectivity index (χ2v) is 10.9. The molecule has 33 heavy (non-hydrogen) atoms. The van der Waals surface area contributed by atoms with Crippen LogP contribution >= 0.6 is 0 Å². The molecule has 176 valence electrons. The molecule has 0 radical (unpaired) electrons. The lowest BCUT2D eigenvalue weighted by molar-refractivity contribution is 0.305. The maximum Gasteiger partial charge on any atom is 0.261 e. The minimum atomic E-state index is -3.69. The average Bonchev–Trinajstić information content (AvgIpc) is 3.25. The number of anilines is 1. The van der Waals surface area contributed by atoms with Crippen LogP contribution in [0.4, 0.5) is 5.69 Å². The summed E-state index contributed by atoms with van der Waals surface area (Å²) in [4.78, 5) is 0.239. The molecule has 1 aliphatic rings. The number of aryl methyl sites for hydroxylation is 1. The Bertz CT molecular complexity index is 1150. The maximum absolute atomic E-state index is 13.1. The summed E-state index contributed by atoms with van der Waals surface area (Å²) in [6.45, 7) is 2.86. The van der Waals surface area contributed by atoms with Crippen LogP contribution in [0, 0.1) is 5.92 Å². The van der Waals surface area contributed by atoms with Crippen LogP contribution in [-0.4, -0.2) is 24.2 Å². The molecular weight excluding hydrogens is 432 g/mol. The van der Waals surface area contributed by atoms with E-state index < -0.39 is 10.0 Å². The van der Waals surface area contributed by atoms with E-state index in [9.17, 15) is 8.42 Å². The molecule has 3 aromatic rings. The summed E-state index contributed by atoms with van der Waals surface area (Å²) in [7, 11) is -1.83. The Morgan fingerprint density at radius 1 is 1.03 bits per heavy atom. The van der Waals surface area contributed by atoms with Crippen molar-refractivity contribution in [2.45, 2.75) is 62.9 Å². The van der Waals surface area contributed by atoms with Crippen LogP contribution in [0.15, 0.2) is 65.8 Å². The Hall–Kier alpha value is -2.64. The highest BCUT2D eigenvalue weighted by Gasteiger charge is 2.18. The summed E-state index contributed by atoms with van der Waals surface area (Å²) in [6.07, 6.45) is 11.6. The number of hydrogen-bond donors (Lipinski definition) is 2. The Kier molecular flexibility index (Phi) is 7.50. The van der Waals surface area contributed by atoms with Crippen molar-refractivity contribution in [1.82, 2.24) is 15.1 Å². The van der Waals surface area contributed by atoms with Gasteiger partial charge in [-0.25, -0.2) is 8.42 Å². The fraction of sp³-hybridized carbons (Fsp3) is 0.423. The van der Waals surface area contributed by atoms with Crippen molar-refractivity contribution in [3.8, 4) is 11.1 Å². The third-order valence-electron chi connectivity index (χ3n) is 6.52. The van der Waals surface area contributed by atoms with Crippen LogP contribution in [0.5, 0.6) is 0 Å². The SMILES string of the molecule is C[C@@H](CC1CCCCC1)NCc1ccccc1NS(=O)(=O)c1ccc(-c2cnn(C)c2)cc1. The van der Waals surface area contributed by atoms with Gasteiger partial charge in [0.15, 0.2) is 0 Å². The first-order valence-electron chi connectivity index (χ1n) is 11.8. The van der Waals surface area contributed by atoms with Crippen molar-refractivity contribution < 1.29 is 8.42 Å². The van der Waals surface area contributed by atoms with Gasteiger partial charge in [-0.3, -0.25) is 9.40 Å². The highest BCUT2D eigenvalue weighted by molar-refractivity contribution is 7.92. The Morgan fingerprint density at radius 2 is 1.76 bits per heavy atom. The monoisotopic (exact) mass is 466 g/mol. The Morgan fingerprint density at radius 3 is 2.45 bits per heavy atom. The summed E-state index contributed by atoms with van der Waals surface area (Å²) >= 11 is 0. The highest BCUT2D eigenvalue weighted by Crippen LogP contribution is 2.28. The van der Waals surface area contributed by atoms with E-state index in [2.05, 4.69) is 22.1 Å². The van der Waals surface area contributed by atoms with Gasteiger partial charge in [0.05, 0.1) is 16.8 Å². The minimum absolute atomic E-state index is 0.239. The second kappa shape index (κ2) is 10.5. The number of nitrogens with one attached hydrogen (secondary N) is 2. The third-order valence-corrected chi connectivity index (χ3v) is 7.90. The zero-order chi connectivity index (χ0) is 23.3. The number of rotatable bonds is 9. The predicted molar refractivity (Wildman–Crippen MR) is 133 cm³/mol. The highest BCUT2D eigenvalue weighted by atomic mass is 32.2. The quantitative estimate of drug-likeness (QED) is 0.446. The van der Waals surface area contributed by atoms with E-state index >= 15 is 0 Å². The molecule has 0 bridgehead atoms. The van der Waals surface area contributed by atoms with E-state index in [4.69, 9.17) is 0 Å². The molecule has 0 unspecified atom stereocenters. The van der Waals surface area contributed by atoms with E-state index in [1.165, 1.54) is 38.5 Å². The topological polar surface area (TPSA) is 76.0 Å². The van der Waals surface area contributed by atoms with Crippen LogP contribution in [-0.2, 0) is 23.6 Å². The number of nitrogens with zero attached hydrogens (tertiary/aromatic N) is 2. The molecule has 1 fully saturated rings. The molecule has 0 amide bonds. The van der Waals surface area contributed by atoms with Gasteiger partial charge in [0, 0.05) is 31.4 Å². The van der Waals surface area contributed by atoms with Crippen molar-refractivity contribution in [2.75, 3.05) is 4.72 Å². The van der Waals surface area contributed by atoms with E-state index in [0.29, 0.717) is 18.3 Å². The average molecular weight is 467 g/mol. The summed E-state index contributed by atoms with van der Waals surface area (Å²) in [5, 5.41) is 7.77. The first-order chi connectivity index (χ1) is 15.9. The Balaban J connectivity index is 1.40. The lowest BCUT2D eigenvalue weighted by atomic mass is 9.85. The van der Waals surface area contributed by atoms with Gasteiger partial charge in [-0.15, -0.1) is 0 Å². The van der Waals surface area contributed by atoms with Crippen LogP contribution < -0.4 is 10.0 Å². The van der Waals surface area contributed by atoms with Gasteiger partial charge < -0.3 is 5.32 Å². The third kappa shape index (κ3) is 6.24. The molecule has 1 saturated carbocycles. The molecule has 2 aromatic carbocycles. The van der Waals surface area contributed by atoms with Crippen LogP contribution in [0.1, 0.15) is 51.0 Å². The number of para-hydroxylation sites is 1. The van der Waals surface area contributed by atoms with E-state index in [-0.39, 0.29) is 4.90 Å². The van der Waals surface area contributed by atoms with E-state index in [1.54, 1.807) is 23.0 Å². The van der Waals surface area contributed by atoms with Crippen LogP contribution in [0.3, 0.4) is 0 Å². The van der Waals surface area contributed by atoms with Crippen molar-refractivity contribution in [3.63, 3.8) is 0 Å². The lowest BCUT2D eigenvalue weighted by Crippen LogP contribution is -2.29. The molecular formula is C26H34N4O2S. The van der Waals surface area contributed by atoms with Gasteiger partial charge in [0.2, 0.25) is 0 Å². The molecule has 1 aromatic heterocycles. The number of benzene rings is 2. The number of aromatic nitrogens is 2. The van der Waals surface area contributed by atoms with Crippen molar-refractivity contribution in [1.29, 1.82) is 0 Å². The summed E-state index contributed by atoms with van der Waals surface area (Å²) in [5.41, 5.74) is 3.45. The Labute approximate surface area is 197 Å². The molecule has 0 aliphatic heterocycles. The first kappa shape index (κ1) is 23.5. The fourth-order valence-corrected chi connectivity index (χ4v) is 5.77. The molecule has 1 aliphatic carbocycles. The molecule has 7 heteroatoms. The molecule has 0 spiro atoms. The molecule has 6 nitrogen and oxygen atoms in total. The summed E-state index contributed by atoms with van der Waals surface area (Å²) < 4.78 is 30.6. The van der Waals surface area contributed by atoms with E-state index in [1.807, 2.05) is 49.6 Å². The van der Waals surface area contributed by atoms with Gasteiger partial charge in [0.25, 0.3) is 10.0 Å². The van der Waals surface area contributed by atoms with Crippen LogP contribution in [0.2, 0.25) is 0 Å². The summed E-state index contributed by atoms with van der Waals surface area (Å²) in [6, 6.07) is 14.9. The predicted octanol–water partition coefficient (Wildman–Crippen LogP) is 5.34. The second-order valence-electron chi connectivity index (χ2n) is 9.21. The smallest absolute Gasteiger partial charge is 0.261 e. The van der Waals surface area contributed by atoms with Crippen molar-refractivity contribution >= 4 is 15.7 Å². The molecule has 4 rings (SSSR count). The molecule has 1 atom stereocenters. The van der Waals surface area contributed by atoms with Crippen molar-refractivity contribution in [3.05, 3.63) is 66.5 Å². The van der Waals surface area contributed by atoms with Gasteiger partial charge in [-0.05, 0) is 48.6 Å². The van der Waals surface area contributed by atoms with Gasteiger partial charge in [-0.2, -0.15) is 5.10 Å². The largest absolute Gasteiger partial charge is 0.310 e. The van der Waals surface area contributed by atoms with Gasteiger partial charge in [0.1, 0.15) is 0 Å². The zero-order valence-electron chi connectivity index (χ0n) is 19.5. The minimum Gasteiger partial charge on any atom is -0.310 e. The summed E-state index contributed by atoms with van der Waals surface area (Å²) in [5.74, 6) is 0.810. The van der Waals surface area contributed by atoms with Gasteiger partial charge in [-0.1, -0.05) is 62.4 Å². The molecule has 0 saturated heterocycles. The lowest BCUT2D eigenvalue weighted by Gasteiger charge is -2.25. The maximum atomic E-state index is 13.1. The van der Waals surface area contributed by atoms with Crippen molar-refractivity contribution in [2.24, 2.45) is 13.0 Å². The normalized spacial score (nSPS) is 15.9. The molecule has 2 N–H and O–H groups in total. The van der Waals surface area contributed by atoms with Crippen LogP contribution in [0.25, 0.3) is 11.1 Å². The van der Waals surface area contributed by atoms with E-state index in [0.717, 1.165) is 22.6 Å². The number of sulfonamides is 1. The number of hydrogen-bond acceptors (Lipinski definition) is 4. The van der Waals surface area contributed by atoms with Gasteiger partial charge >= 0.3 is 0 Å².